The zero-order valence-electron chi connectivity index (χ0n) is 14.2. The van der Waals surface area contributed by atoms with Crippen LogP contribution in [0.3, 0.4) is 0 Å². The first-order valence-electron chi connectivity index (χ1n) is 8.14. The fourth-order valence-electron chi connectivity index (χ4n) is 2.96. The highest BCUT2D eigenvalue weighted by Gasteiger charge is 2.22. The molecule has 1 amide bonds. The van der Waals surface area contributed by atoms with Crippen molar-refractivity contribution in [1.29, 1.82) is 0 Å². The minimum atomic E-state index is -0.188. The number of aromatic nitrogens is 1. The number of benzene rings is 1. The van der Waals surface area contributed by atoms with E-state index in [1.54, 1.807) is 36.6 Å². The Bertz CT molecular complexity index is 718. The van der Waals surface area contributed by atoms with Crippen LogP contribution in [0.1, 0.15) is 51.7 Å². The van der Waals surface area contributed by atoms with Gasteiger partial charge in [-0.1, -0.05) is 6.07 Å². The fourth-order valence-corrected chi connectivity index (χ4v) is 4.12. The summed E-state index contributed by atoms with van der Waals surface area (Å²) in [5, 5.41) is 3.99. The number of para-hydroxylation sites is 1. The average Bonchev–Trinajstić information content (AvgIpc) is 3.05. The highest BCUT2D eigenvalue weighted by Crippen LogP contribution is 2.32. The largest absolute Gasteiger partial charge is 0.493 e. The van der Waals surface area contributed by atoms with Crippen LogP contribution in [0.4, 0.5) is 0 Å². The van der Waals surface area contributed by atoms with Gasteiger partial charge in [-0.3, -0.25) is 4.79 Å². The van der Waals surface area contributed by atoms with Gasteiger partial charge in [0.15, 0.2) is 11.5 Å². The number of methoxy groups -OCH3 is 2. The van der Waals surface area contributed by atoms with Crippen LogP contribution in [-0.2, 0) is 12.8 Å². The Morgan fingerprint density at radius 2 is 2.04 bits per heavy atom. The molecule has 6 heteroatoms. The molecule has 1 aliphatic rings. The second-order valence-corrected chi connectivity index (χ2v) is 6.98. The SMILES string of the molecule is COc1cccc(C(=O)N[C@H](C)c2nc3c(s2)CCCC3)c1OC. The number of carbonyl (C=O) groups excluding carboxylic acids is 1. The summed E-state index contributed by atoms with van der Waals surface area (Å²) in [4.78, 5) is 18.7. The second kappa shape index (κ2) is 7.21. The maximum atomic E-state index is 12.6. The number of thiazole rings is 1. The Hall–Kier alpha value is -2.08. The van der Waals surface area contributed by atoms with E-state index in [0.717, 1.165) is 17.8 Å². The molecule has 1 atom stereocenters. The molecule has 0 aliphatic heterocycles. The molecule has 1 aliphatic carbocycles. The van der Waals surface area contributed by atoms with Crippen molar-refractivity contribution < 1.29 is 14.3 Å². The van der Waals surface area contributed by atoms with Gasteiger partial charge in [0.25, 0.3) is 5.91 Å². The molecule has 0 unspecified atom stereocenters. The number of nitrogens with one attached hydrogen (secondary N) is 1. The lowest BCUT2D eigenvalue weighted by Crippen LogP contribution is -2.27. The zero-order chi connectivity index (χ0) is 17.1. The quantitative estimate of drug-likeness (QED) is 0.900. The first kappa shape index (κ1) is 16.8. The third-order valence-corrected chi connectivity index (χ3v) is 5.57. The van der Waals surface area contributed by atoms with E-state index in [1.165, 1.54) is 30.5 Å². The summed E-state index contributed by atoms with van der Waals surface area (Å²) in [5.74, 6) is 0.803. The normalized spacial score (nSPS) is 14.6. The van der Waals surface area contributed by atoms with Gasteiger partial charge in [-0.05, 0) is 44.7 Å². The van der Waals surface area contributed by atoms with Gasteiger partial charge in [0.05, 0.1) is 31.5 Å². The minimum Gasteiger partial charge on any atom is -0.493 e. The summed E-state index contributed by atoms with van der Waals surface area (Å²) in [6, 6.07) is 5.15. The summed E-state index contributed by atoms with van der Waals surface area (Å²) in [7, 11) is 3.09. The molecule has 1 heterocycles. The number of hydrogen-bond acceptors (Lipinski definition) is 5. The van der Waals surface area contributed by atoms with Crippen molar-refractivity contribution in [3.05, 3.63) is 39.3 Å². The van der Waals surface area contributed by atoms with E-state index in [-0.39, 0.29) is 11.9 Å². The Morgan fingerprint density at radius 1 is 1.25 bits per heavy atom. The average molecular weight is 346 g/mol. The molecule has 0 fully saturated rings. The van der Waals surface area contributed by atoms with Gasteiger partial charge < -0.3 is 14.8 Å². The van der Waals surface area contributed by atoms with Crippen molar-refractivity contribution in [2.24, 2.45) is 0 Å². The van der Waals surface area contributed by atoms with Crippen LogP contribution in [-0.4, -0.2) is 25.1 Å². The predicted molar refractivity (Wildman–Crippen MR) is 94.2 cm³/mol. The van der Waals surface area contributed by atoms with E-state index < -0.39 is 0 Å². The molecule has 128 valence electrons. The van der Waals surface area contributed by atoms with E-state index in [1.807, 2.05) is 6.92 Å². The number of ether oxygens (including phenoxy) is 2. The van der Waals surface area contributed by atoms with Crippen molar-refractivity contribution in [2.75, 3.05) is 14.2 Å². The third-order valence-electron chi connectivity index (χ3n) is 4.23. The standard InChI is InChI=1S/C18H22N2O3S/c1-11(18-20-13-8-4-5-10-15(13)24-18)19-17(21)12-7-6-9-14(22-2)16(12)23-3/h6-7,9,11H,4-5,8,10H2,1-3H3,(H,19,21)/t11-/m1/s1. The van der Waals surface area contributed by atoms with E-state index in [2.05, 4.69) is 5.32 Å². The number of carbonyl (C=O) groups is 1. The number of nitrogens with zero attached hydrogens (tertiary/aromatic N) is 1. The summed E-state index contributed by atoms with van der Waals surface area (Å²) in [6.07, 6.45) is 4.60. The first-order valence-corrected chi connectivity index (χ1v) is 8.96. The van der Waals surface area contributed by atoms with Crippen molar-refractivity contribution in [2.45, 2.75) is 38.6 Å². The predicted octanol–water partition coefficient (Wildman–Crippen LogP) is 3.53. The van der Waals surface area contributed by atoms with Crippen molar-refractivity contribution in [3.8, 4) is 11.5 Å². The molecular formula is C18H22N2O3S. The molecular weight excluding hydrogens is 324 g/mol. The molecule has 5 nitrogen and oxygen atoms in total. The van der Waals surface area contributed by atoms with E-state index in [0.29, 0.717) is 17.1 Å². The van der Waals surface area contributed by atoms with Gasteiger partial charge in [-0.25, -0.2) is 4.98 Å². The molecule has 0 saturated heterocycles. The number of amides is 1. The molecule has 0 saturated carbocycles. The van der Waals surface area contributed by atoms with Crippen LogP contribution in [0.15, 0.2) is 18.2 Å². The number of rotatable bonds is 5. The smallest absolute Gasteiger partial charge is 0.255 e. The lowest BCUT2D eigenvalue weighted by Gasteiger charge is -2.15. The van der Waals surface area contributed by atoms with Crippen LogP contribution in [0.25, 0.3) is 0 Å². The number of fused-ring (bicyclic) bond motifs is 1. The summed E-state index contributed by atoms with van der Waals surface area (Å²) in [5.41, 5.74) is 1.67. The Labute approximate surface area is 146 Å². The zero-order valence-corrected chi connectivity index (χ0v) is 15.0. The lowest BCUT2D eigenvalue weighted by molar-refractivity contribution is 0.0936. The number of hydrogen-bond donors (Lipinski definition) is 1. The first-order chi connectivity index (χ1) is 11.6. The topological polar surface area (TPSA) is 60.5 Å². The third kappa shape index (κ3) is 3.24. The molecule has 0 radical (unpaired) electrons. The Kier molecular flexibility index (Phi) is 5.04. The van der Waals surface area contributed by atoms with Crippen LogP contribution in [0.2, 0.25) is 0 Å². The molecule has 3 rings (SSSR count). The maximum Gasteiger partial charge on any atom is 0.255 e. The van der Waals surface area contributed by atoms with Gasteiger partial charge in [-0.2, -0.15) is 0 Å². The molecule has 24 heavy (non-hydrogen) atoms. The molecule has 1 aromatic carbocycles. The van der Waals surface area contributed by atoms with Crippen LogP contribution in [0.5, 0.6) is 11.5 Å². The summed E-state index contributed by atoms with van der Waals surface area (Å²) < 4.78 is 10.6. The Morgan fingerprint density at radius 3 is 2.75 bits per heavy atom. The van der Waals surface area contributed by atoms with Gasteiger partial charge in [0, 0.05) is 4.88 Å². The monoisotopic (exact) mass is 346 g/mol. The molecule has 1 N–H and O–H groups in total. The fraction of sp³-hybridized carbons (Fsp3) is 0.444. The van der Waals surface area contributed by atoms with E-state index >= 15 is 0 Å². The lowest BCUT2D eigenvalue weighted by atomic mass is 10.0. The molecule has 0 bridgehead atoms. The van der Waals surface area contributed by atoms with Crippen LogP contribution < -0.4 is 14.8 Å². The van der Waals surface area contributed by atoms with E-state index in [4.69, 9.17) is 14.5 Å². The molecule has 2 aromatic rings. The van der Waals surface area contributed by atoms with E-state index in [9.17, 15) is 4.79 Å². The van der Waals surface area contributed by atoms with Crippen LogP contribution in [0, 0.1) is 0 Å². The van der Waals surface area contributed by atoms with Crippen molar-refractivity contribution >= 4 is 17.2 Å². The van der Waals surface area contributed by atoms with Crippen molar-refractivity contribution in [1.82, 2.24) is 10.3 Å². The number of aryl methyl sites for hydroxylation is 2. The minimum absolute atomic E-state index is 0.135. The van der Waals surface area contributed by atoms with Gasteiger partial charge >= 0.3 is 0 Å². The molecule has 0 spiro atoms. The van der Waals surface area contributed by atoms with Gasteiger partial charge in [-0.15, -0.1) is 11.3 Å². The second-order valence-electron chi connectivity index (χ2n) is 5.87. The highest BCUT2D eigenvalue weighted by molar-refractivity contribution is 7.11. The van der Waals surface area contributed by atoms with Gasteiger partial charge in [0.2, 0.25) is 0 Å². The van der Waals surface area contributed by atoms with Crippen molar-refractivity contribution in [3.63, 3.8) is 0 Å². The maximum absolute atomic E-state index is 12.6. The van der Waals surface area contributed by atoms with Crippen LogP contribution >= 0.6 is 11.3 Å². The summed E-state index contributed by atoms with van der Waals surface area (Å²) >= 11 is 1.72. The van der Waals surface area contributed by atoms with Gasteiger partial charge in [0.1, 0.15) is 5.01 Å². The Balaban J connectivity index is 1.78. The highest BCUT2D eigenvalue weighted by atomic mass is 32.1. The summed E-state index contributed by atoms with van der Waals surface area (Å²) in [6.45, 7) is 1.97. The molecule has 1 aromatic heterocycles.